The van der Waals surface area contributed by atoms with Gasteiger partial charge < -0.3 is 10.1 Å². The number of esters is 1. The van der Waals surface area contributed by atoms with Crippen LogP contribution in [0, 0.1) is 22.7 Å². The number of nitriles is 2. The number of hydrogen-bond donors (Lipinski definition) is 0. The van der Waals surface area contributed by atoms with Crippen molar-refractivity contribution in [2.75, 3.05) is 6.61 Å². The van der Waals surface area contributed by atoms with Crippen molar-refractivity contribution < 1.29 is 9.53 Å². The van der Waals surface area contributed by atoms with Crippen molar-refractivity contribution in [3.8, 4) is 12.1 Å². The molecule has 1 rings (SSSR count). The number of allylic oxidation sites excluding steroid dienone is 4. The van der Waals surface area contributed by atoms with Crippen LogP contribution in [0.2, 0.25) is 5.02 Å². The van der Waals surface area contributed by atoms with Crippen LogP contribution in [-0.4, -0.2) is 18.4 Å². The molecule has 6 heteroatoms. The maximum absolute atomic E-state index is 11.6. The first-order chi connectivity index (χ1) is 11.1. The Morgan fingerprint density at radius 2 is 1.91 bits per heavy atom. The quantitative estimate of drug-likeness (QED) is 0.272. The van der Waals surface area contributed by atoms with Gasteiger partial charge in [-0.3, -0.25) is 0 Å². The zero-order valence-electron chi connectivity index (χ0n) is 12.2. The number of carbonyl (C=O) groups is 1. The standard InChI is InChI=1S/C17H11ClN3O2/c1-2-23-17(22)13(9-19)5-8-16(14(10-20)11-21)12-3-6-15(18)7-4-12/h3-8H,2H2,1H3/q-1/b13-5+,16-8-. The summed E-state index contributed by atoms with van der Waals surface area (Å²) in [6, 6.07) is 9.99. The molecule has 0 N–H and O–H groups in total. The van der Waals surface area contributed by atoms with E-state index in [1.54, 1.807) is 49.2 Å². The maximum Gasteiger partial charge on any atom is 0.348 e. The van der Waals surface area contributed by atoms with Crippen molar-refractivity contribution in [3.05, 3.63) is 63.6 Å². The number of carbonyl (C=O) groups excluding carboxylic acids is 1. The van der Waals surface area contributed by atoms with Gasteiger partial charge in [-0.15, -0.1) is 0 Å². The van der Waals surface area contributed by atoms with Crippen LogP contribution < -0.4 is 0 Å². The fourth-order valence-electron chi connectivity index (χ4n) is 1.63. The Hall–Kier alpha value is -3.11. The summed E-state index contributed by atoms with van der Waals surface area (Å²) in [7, 11) is 0. The summed E-state index contributed by atoms with van der Waals surface area (Å²) in [4.78, 5) is 11.6. The van der Waals surface area contributed by atoms with Crippen molar-refractivity contribution in [2.45, 2.75) is 6.92 Å². The Balaban J connectivity index is 3.38. The molecular weight excluding hydrogens is 314 g/mol. The third kappa shape index (κ3) is 4.98. The monoisotopic (exact) mass is 324 g/mol. The van der Waals surface area contributed by atoms with E-state index in [4.69, 9.17) is 32.3 Å². The Morgan fingerprint density at radius 1 is 1.26 bits per heavy atom. The van der Waals surface area contributed by atoms with Gasteiger partial charge in [-0.05, 0) is 30.7 Å². The van der Waals surface area contributed by atoms with E-state index in [0.29, 0.717) is 10.6 Å². The molecular formula is C17H11ClN3O2-. The van der Waals surface area contributed by atoms with Crippen molar-refractivity contribution in [3.63, 3.8) is 0 Å². The van der Waals surface area contributed by atoms with E-state index in [1.807, 2.05) is 0 Å². The molecule has 0 saturated heterocycles. The molecule has 1 aromatic rings. The van der Waals surface area contributed by atoms with E-state index >= 15 is 0 Å². The second-order valence-electron chi connectivity index (χ2n) is 4.10. The Bertz CT molecular complexity index is 787. The first-order valence-electron chi connectivity index (χ1n) is 6.50. The fourth-order valence-corrected chi connectivity index (χ4v) is 1.75. The molecule has 0 aliphatic carbocycles. The van der Waals surface area contributed by atoms with Crippen LogP contribution in [0.15, 0.2) is 47.6 Å². The predicted molar refractivity (Wildman–Crippen MR) is 87.3 cm³/mol. The van der Waals surface area contributed by atoms with E-state index in [2.05, 4.69) is 0 Å². The summed E-state index contributed by atoms with van der Waals surface area (Å²) in [5.74, 6) is 1.02. The van der Waals surface area contributed by atoms with Gasteiger partial charge in [0, 0.05) is 10.6 Å². The van der Waals surface area contributed by atoms with Crippen molar-refractivity contribution >= 4 is 29.0 Å². The minimum absolute atomic E-state index is 0.138. The van der Waals surface area contributed by atoms with Crippen molar-refractivity contribution in [2.24, 2.45) is 0 Å². The lowest BCUT2D eigenvalue weighted by Crippen LogP contribution is -2.05. The average Bonchev–Trinajstić information content (AvgIpc) is 2.56. The van der Waals surface area contributed by atoms with Crippen LogP contribution in [-0.2, 0) is 9.53 Å². The summed E-state index contributed by atoms with van der Waals surface area (Å²) in [6.07, 6.45) is 2.58. The van der Waals surface area contributed by atoms with Crippen molar-refractivity contribution in [1.29, 1.82) is 10.5 Å². The van der Waals surface area contributed by atoms with Gasteiger partial charge in [-0.1, -0.05) is 29.8 Å². The van der Waals surface area contributed by atoms with E-state index in [9.17, 15) is 4.79 Å². The summed E-state index contributed by atoms with van der Waals surface area (Å²) < 4.78 is 4.75. The number of halogens is 1. The van der Waals surface area contributed by atoms with Crippen molar-refractivity contribution in [1.82, 2.24) is 0 Å². The third-order valence-corrected chi connectivity index (χ3v) is 2.93. The van der Waals surface area contributed by atoms with E-state index < -0.39 is 5.97 Å². The lowest BCUT2D eigenvalue weighted by atomic mass is 9.98. The summed E-state index contributed by atoms with van der Waals surface area (Å²) in [6.45, 7) is 1.76. The van der Waals surface area contributed by atoms with E-state index in [-0.39, 0.29) is 23.3 Å². The van der Waals surface area contributed by atoms with Gasteiger partial charge in [-0.2, -0.15) is 10.5 Å². The molecule has 1 aromatic carbocycles. The molecule has 0 spiro atoms. The molecule has 0 bridgehead atoms. The van der Waals surface area contributed by atoms with E-state index in [0.717, 1.165) is 0 Å². The molecule has 0 saturated carbocycles. The van der Waals surface area contributed by atoms with Gasteiger partial charge in [0.05, 0.1) is 12.2 Å². The number of benzene rings is 1. The highest BCUT2D eigenvalue weighted by atomic mass is 35.5. The summed E-state index contributed by atoms with van der Waals surface area (Å²) in [5, 5.41) is 27.6. The molecule has 114 valence electrons. The first kappa shape index (κ1) is 17.9. The number of hydrogen-bond acceptors (Lipinski definition) is 4. The first-order valence-corrected chi connectivity index (χ1v) is 6.87. The minimum Gasteiger partial charge on any atom is -0.762 e. The second kappa shape index (κ2) is 9.02. The van der Waals surface area contributed by atoms with Gasteiger partial charge in [0.25, 0.3) is 0 Å². The molecule has 5 nitrogen and oxygen atoms in total. The maximum atomic E-state index is 11.6. The minimum atomic E-state index is -0.767. The van der Waals surface area contributed by atoms with Gasteiger partial charge in [-0.25, -0.2) is 10.7 Å². The lowest BCUT2D eigenvalue weighted by molar-refractivity contribution is -0.138. The van der Waals surface area contributed by atoms with Gasteiger partial charge >= 0.3 is 5.97 Å². The molecule has 0 fully saturated rings. The average molecular weight is 325 g/mol. The Morgan fingerprint density at radius 3 is 2.39 bits per heavy atom. The van der Waals surface area contributed by atoms with Gasteiger partial charge in [0.1, 0.15) is 17.7 Å². The van der Waals surface area contributed by atoms with Crippen LogP contribution >= 0.6 is 11.6 Å². The molecule has 0 unspecified atom stereocenters. The van der Waals surface area contributed by atoms with Gasteiger partial charge in [0.15, 0.2) is 0 Å². The molecule has 0 radical (unpaired) electrons. The van der Waals surface area contributed by atoms with Gasteiger partial charge in [0.2, 0.25) is 0 Å². The largest absolute Gasteiger partial charge is 0.762 e. The molecule has 0 aliphatic heterocycles. The second-order valence-corrected chi connectivity index (χ2v) is 4.53. The highest BCUT2D eigenvalue weighted by molar-refractivity contribution is 6.30. The smallest absolute Gasteiger partial charge is 0.348 e. The van der Waals surface area contributed by atoms with Crippen LogP contribution in [0.3, 0.4) is 0 Å². The molecule has 0 amide bonds. The topological polar surface area (TPSA) is 96.2 Å². The van der Waals surface area contributed by atoms with Crippen LogP contribution in [0.25, 0.3) is 11.0 Å². The molecule has 0 aromatic heterocycles. The highest BCUT2D eigenvalue weighted by Gasteiger charge is 2.10. The Kier molecular flexibility index (Phi) is 7.04. The highest BCUT2D eigenvalue weighted by Crippen LogP contribution is 2.23. The van der Waals surface area contributed by atoms with Crippen LogP contribution in [0.4, 0.5) is 0 Å². The summed E-state index contributed by atoms with van der Waals surface area (Å²) >= 11 is 5.82. The fraction of sp³-hybridized carbons (Fsp3) is 0.118. The SMILES string of the molecule is CCOC(=O)/C(C#N)=C/C=C(\C(=C=[N-])C#N)c1ccc(Cl)cc1. The van der Waals surface area contributed by atoms with Crippen LogP contribution in [0.1, 0.15) is 12.5 Å². The zero-order chi connectivity index (χ0) is 17.2. The summed E-state index contributed by atoms with van der Waals surface area (Å²) in [5.41, 5.74) is 0.465. The Labute approximate surface area is 138 Å². The third-order valence-electron chi connectivity index (χ3n) is 2.68. The zero-order valence-corrected chi connectivity index (χ0v) is 13.0. The predicted octanol–water partition coefficient (Wildman–Crippen LogP) is 3.43. The number of rotatable bonds is 5. The number of ether oxygens (including phenoxy) is 1. The number of nitrogens with zero attached hydrogens (tertiary/aromatic N) is 3. The molecule has 0 atom stereocenters. The lowest BCUT2D eigenvalue weighted by Gasteiger charge is -2.06. The van der Waals surface area contributed by atoms with Crippen LogP contribution in [0.5, 0.6) is 0 Å². The molecule has 0 heterocycles. The van der Waals surface area contributed by atoms with E-state index in [1.165, 1.54) is 12.2 Å². The molecule has 0 aliphatic rings. The molecule has 23 heavy (non-hydrogen) atoms. The normalized spacial score (nSPS) is 11.0.